The average molecular weight is 248 g/mol. The lowest BCUT2D eigenvalue weighted by Gasteiger charge is -2.06. The van der Waals surface area contributed by atoms with Crippen LogP contribution in [0.4, 0.5) is 0 Å². The van der Waals surface area contributed by atoms with Crippen LogP contribution in [0.1, 0.15) is 10.4 Å². The van der Waals surface area contributed by atoms with Crippen molar-refractivity contribution >= 4 is 11.3 Å². The minimum atomic E-state index is 0.659. The molecule has 1 aromatic carbocycles. The highest BCUT2D eigenvalue weighted by Crippen LogP contribution is 2.33. The lowest BCUT2D eigenvalue weighted by Crippen LogP contribution is -2.00. The Balaban J connectivity index is 2.40. The molecule has 90 valence electrons. The van der Waals surface area contributed by atoms with E-state index in [0.29, 0.717) is 6.54 Å². The molecule has 0 fully saturated rings. The Bertz CT molecular complexity index is 508. The quantitative estimate of drug-likeness (QED) is 0.904. The summed E-state index contributed by atoms with van der Waals surface area (Å²) < 4.78 is 5.37. The molecule has 0 saturated carbocycles. The Labute approximate surface area is 105 Å². The van der Waals surface area contributed by atoms with Crippen molar-refractivity contribution in [1.82, 2.24) is 4.98 Å². The molecule has 3 nitrogen and oxygen atoms in total. The number of nitrogens with two attached hydrogens (primary N) is 1. The van der Waals surface area contributed by atoms with E-state index in [0.717, 1.165) is 22.7 Å². The third-order valence-electron chi connectivity index (χ3n) is 2.53. The van der Waals surface area contributed by atoms with Crippen molar-refractivity contribution in [3.63, 3.8) is 0 Å². The lowest BCUT2D eigenvalue weighted by molar-refractivity contribution is 0.416. The van der Waals surface area contributed by atoms with Crippen molar-refractivity contribution in [2.24, 2.45) is 5.73 Å². The number of aromatic nitrogens is 1. The molecule has 2 aromatic rings. The van der Waals surface area contributed by atoms with Crippen LogP contribution in [0.5, 0.6) is 5.75 Å². The van der Waals surface area contributed by atoms with Gasteiger partial charge in [-0.25, -0.2) is 4.98 Å². The first-order valence-corrected chi connectivity index (χ1v) is 6.36. The molecule has 17 heavy (non-hydrogen) atoms. The van der Waals surface area contributed by atoms with Gasteiger partial charge in [-0.05, 0) is 32.0 Å². The van der Waals surface area contributed by atoms with Gasteiger partial charge in [-0.3, -0.25) is 0 Å². The zero-order valence-electron chi connectivity index (χ0n) is 10.1. The maximum absolute atomic E-state index is 5.54. The third-order valence-corrected chi connectivity index (χ3v) is 3.62. The van der Waals surface area contributed by atoms with Crippen LogP contribution in [0.3, 0.4) is 0 Å². The van der Waals surface area contributed by atoms with Crippen LogP contribution in [0.25, 0.3) is 10.6 Å². The second kappa shape index (κ2) is 5.29. The van der Waals surface area contributed by atoms with Crippen molar-refractivity contribution in [1.29, 1.82) is 0 Å². The molecule has 0 radical (unpaired) electrons. The predicted molar refractivity (Wildman–Crippen MR) is 71.6 cm³/mol. The maximum atomic E-state index is 5.54. The fourth-order valence-electron chi connectivity index (χ4n) is 1.68. The summed E-state index contributed by atoms with van der Waals surface area (Å²) in [5, 5.41) is 0.994. The first-order valence-electron chi connectivity index (χ1n) is 5.54. The molecule has 0 saturated heterocycles. The average Bonchev–Trinajstić information content (AvgIpc) is 2.78. The van der Waals surface area contributed by atoms with Crippen molar-refractivity contribution in [3.8, 4) is 16.3 Å². The van der Waals surface area contributed by atoms with Gasteiger partial charge in [-0.1, -0.05) is 11.6 Å². The minimum absolute atomic E-state index is 0.659. The van der Waals surface area contributed by atoms with E-state index in [9.17, 15) is 0 Å². The number of rotatable bonds is 4. The number of nitrogens with zero attached hydrogens (tertiary/aromatic N) is 1. The first-order chi connectivity index (χ1) is 8.24. The second-order valence-corrected chi connectivity index (χ2v) is 4.99. The molecule has 0 spiro atoms. The topological polar surface area (TPSA) is 48.1 Å². The molecule has 4 heteroatoms. The van der Waals surface area contributed by atoms with Gasteiger partial charge in [0.15, 0.2) is 0 Å². The zero-order chi connectivity index (χ0) is 12.3. The van der Waals surface area contributed by atoms with Crippen LogP contribution in [0.15, 0.2) is 24.4 Å². The normalized spacial score (nSPS) is 10.5. The summed E-state index contributed by atoms with van der Waals surface area (Å²) in [7, 11) is 1.68. The Hall–Kier alpha value is -1.39. The standard InChI is InChI=1S/C13H16N2OS/c1-9-3-4-12(16-2)11(7-9)13-15-8-10(17-13)5-6-14/h3-4,7-8H,5-6,14H2,1-2H3. The Morgan fingerprint density at radius 2 is 2.24 bits per heavy atom. The van der Waals surface area contributed by atoms with Crippen LogP contribution in [-0.2, 0) is 6.42 Å². The number of ether oxygens (including phenoxy) is 1. The van der Waals surface area contributed by atoms with Crippen LogP contribution < -0.4 is 10.5 Å². The van der Waals surface area contributed by atoms with Crippen LogP contribution in [0.2, 0.25) is 0 Å². The number of thiazole rings is 1. The number of hydrogen-bond acceptors (Lipinski definition) is 4. The summed E-state index contributed by atoms with van der Waals surface area (Å²) in [6, 6.07) is 6.12. The van der Waals surface area contributed by atoms with Gasteiger partial charge < -0.3 is 10.5 Å². The number of hydrogen-bond donors (Lipinski definition) is 1. The predicted octanol–water partition coefficient (Wildman–Crippen LogP) is 2.63. The molecule has 0 atom stereocenters. The summed E-state index contributed by atoms with van der Waals surface area (Å²) in [5.74, 6) is 0.865. The van der Waals surface area contributed by atoms with Crippen molar-refractivity contribution in [3.05, 3.63) is 34.8 Å². The first kappa shape index (κ1) is 12.1. The number of aryl methyl sites for hydroxylation is 1. The van der Waals surface area contributed by atoms with Crippen LogP contribution >= 0.6 is 11.3 Å². The molecule has 2 N–H and O–H groups in total. The molecule has 2 rings (SSSR count). The molecule has 0 aliphatic heterocycles. The highest BCUT2D eigenvalue weighted by atomic mass is 32.1. The monoisotopic (exact) mass is 248 g/mol. The SMILES string of the molecule is COc1ccc(C)cc1-c1ncc(CCN)s1. The van der Waals surface area contributed by atoms with E-state index in [1.54, 1.807) is 18.4 Å². The molecule has 0 aliphatic rings. The summed E-state index contributed by atoms with van der Waals surface area (Å²) >= 11 is 1.68. The number of methoxy groups -OCH3 is 1. The van der Waals surface area contributed by atoms with Gasteiger partial charge in [0.25, 0.3) is 0 Å². The van der Waals surface area contributed by atoms with E-state index in [1.165, 1.54) is 10.4 Å². The molecule has 0 unspecified atom stereocenters. The lowest BCUT2D eigenvalue weighted by atomic mass is 10.1. The van der Waals surface area contributed by atoms with Gasteiger partial charge >= 0.3 is 0 Å². The van der Waals surface area contributed by atoms with Gasteiger partial charge in [0, 0.05) is 11.1 Å². The summed E-state index contributed by atoms with van der Waals surface area (Å²) in [5.41, 5.74) is 7.80. The summed E-state index contributed by atoms with van der Waals surface area (Å²) in [4.78, 5) is 5.65. The number of benzene rings is 1. The van der Waals surface area contributed by atoms with E-state index in [1.807, 2.05) is 18.3 Å². The fourth-order valence-corrected chi connectivity index (χ4v) is 2.63. The van der Waals surface area contributed by atoms with Crippen LogP contribution in [-0.4, -0.2) is 18.6 Å². The van der Waals surface area contributed by atoms with E-state index in [-0.39, 0.29) is 0 Å². The minimum Gasteiger partial charge on any atom is -0.496 e. The van der Waals surface area contributed by atoms with Gasteiger partial charge in [0.1, 0.15) is 10.8 Å². The molecule has 1 aromatic heterocycles. The van der Waals surface area contributed by atoms with Crippen LogP contribution in [0, 0.1) is 6.92 Å². The van der Waals surface area contributed by atoms with Gasteiger partial charge in [0.2, 0.25) is 0 Å². The van der Waals surface area contributed by atoms with Crippen molar-refractivity contribution in [2.45, 2.75) is 13.3 Å². The van der Waals surface area contributed by atoms with E-state index < -0.39 is 0 Å². The zero-order valence-corrected chi connectivity index (χ0v) is 10.9. The van der Waals surface area contributed by atoms with Crippen molar-refractivity contribution in [2.75, 3.05) is 13.7 Å². The van der Waals surface area contributed by atoms with E-state index >= 15 is 0 Å². The van der Waals surface area contributed by atoms with Gasteiger partial charge in [-0.2, -0.15) is 0 Å². The smallest absolute Gasteiger partial charge is 0.129 e. The Morgan fingerprint density at radius 3 is 2.94 bits per heavy atom. The molecule has 1 heterocycles. The molecular formula is C13H16N2OS. The summed E-state index contributed by atoms with van der Waals surface area (Å²) in [6.07, 6.45) is 2.78. The van der Waals surface area contributed by atoms with E-state index in [4.69, 9.17) is 10.5 Å². The van der Waals surface area contributed by atoms with Gasteiger partial charge in [-0.15, -0.1) is 11.3 Å². The third kappa shape index (κ3) is 2.65. The largest absolute Gasteiger partial charge is 0.496 e. The maximum Gasteiger partial charge on any atom is 0.129 e. The molecular weight excluding hydrogens is 232 g/mol. The Kier molecular flexibility index (Phi) is 3.76. The summed E-state index contributed by atoms with van der Waals surface area (Å²) in [6.45, 7) is 2.73. The highest BCUT2D eigenvalue weighted by molar-refractivity contribution is 7.15. The second-order valence-electron chi connectivity index (χ2n) is 3.87. The van der Waals surface area contributed by atoms with Crippen molar-refractivity contribution < 1.29 is 4.74 Å². The van der Waals surface area contributed by atoms with E-state index in [2.05, 4.69) is 18.0 Å². The fraction of sp³-hybridized carbons (Fsp3) is 0.308. The molecule has 0 amide bonds. The highest BCUT2D eigenvalue weighted by Gasteiger charge is 2.10. The molecule has 0 aliphatic carbocycles. The Morgan fingerprint density at radius 1 is 1.41 bits per heavy atom. The van der Waals surface area contributed by atoms with Gasteiger partial charge in [0.05, 0.1) is 12.7 Å². The molecule has 0 bridgehead atoms.